The lowest BCUT2D eigenvalue weighted by atomic mass is 9.81. The Balaban J connectivity index is 2.13. The van der Waals surface area contributed by atoms with Crippen LogP contribution < -0.4 is 0 Å². The molecule has 0 aromatic rings. The Hall–Kier alpha value is -0.530. The van der Waals surface area contributed by atoms with E-state index in [9.17, 15) is 4.79 Å². The van der Waals surface area contributed by atoms with Crippen LogP contribution in [0.1, 0.15) is 45.4 Å². The van der Waals surface area contributed by atoms with Crippen LogP contribution in [0.3, 0.4) is 0 Å². The molecule has 70 valence electrons. The van der Waals surface area contributed by atoms with Gasteiger partial charge in [0.25, 0.3) is 0 Å². The molecule has 0 aromatic heterocycles. The average Bonchev–Trinajstić information content (AvgIpc) is 2.03. The first kappa shape index (κ1) is 9.56. The van der Waals surface area contributed by atoms with Crippen molar-refractivity contribution in [2.24, 2.45) is 11.8 Å². The van der Waals surface area contributed by atoms with Crippen molar-refractivity contribution < 1.29 is 9.90 Å². The van der Waals surface area contributed by atoms with Gasteiger partial charge in [0.2, 0.25) is 0 Å². The summed E-state index contributed by atoms with van der Waals surface area (Å²) in [6.45, 7) is 2.29. The fraction of sp³-hybridized carbons (Fsp3) is 0.900. The fourth-order valence-corrected chi connectivity index (χ4v) is 1.95. The van der Waals surface area contributed by atoms with Crippen LogP contribution in [0.25, 0.3) is 0 Å². The molecule has 1 saturated carbocycles. The summed E-state index contributed by atoms with van der Waals surface area (Å²) in [6.07, 6.45) is 6.33. The molecule has 0 saturated heterocycles. The van der Waals surface area contributed by atoms with Crippen LogP contribution in [0.2, 0.25) is 0 Å². The summed E-state index contributed by atoms with van der Waals surface area (Å²) in [5.74, 6) is 0.914. The molecule has 0 aromatic carbocycles. The minimum absolute atomic E-state index is 0.360. The Bertz CT molecular complexity index is 146. The molecule has 0 heterocycles. The van der Waals surface area contributed by atoms with Crippen molar-refractivity contribution in [2.45, 2.75) is 45.4 Å². The van der Waals surface area contributed by atoms with Crippen molar-refractivity contribution in [3.8, 4) is 0 Å². The Morgan fingerprint density at radius 2 is 1.92 bits per heavy atom. The maximum atomic E-state index is 10.3. The van der Waals surface area contributed by atoms with Crippen LogP contribution in [0.15, 0.2) is 0 Å². The number of carbonyl (C=O) groups is 1. The molecule has 0 radical (unpaired) electrons. The van der Waals surface area contributed by atoms with Gasteiger partial charge in [-0.1, -0.05) is 32.6 Å². The number of hydrogen-bond acceptors (Lipinski definition) is 1. The third-order valence-corrected chi connectivity index (χ3v) is 2.90. The van der Waals surface area contributed by atoms with Gasteiger partial charge >= 0.3 is 5.97 Å². The van der Waals surface area contributed by atoms with E-state index < -0.39 is 5.97 Å². The van der Waals surface area contributed by atoms with Crippen LogP contribution in [0.4, 0.5) is 0 Å². The zero-order chi connectivity index (χ0) is 8.97. The van der Waals surface area contributed by atoms with Gasteiger partial charge < -0.3 is 5.11 Å². The van der Waals surface area contributed by atoms with Crippen LogP contribution in [0, 0.1) is 11.8 Å². The van der Waals surface area contributed by atoms with E-state index in [1.54, 1.807) is 0 Å². The molecule has 1 rings (SSSR count). The lowest BCUT2D eigenvalue weighted by molar-refractivity contribution is -0.137. The van der Waals surface area contributed by atoms with Gasteiger partial charge in [-0.15, -0.1) is 0 Å². The molecule has 0 amide bonds. The Morgan fingerprint density at radius 1 is 1.33 bits per heavy atom. The molecule has 1 N–H and O–H groups in total. The lowest BCUT2D eigenvalue weighted by Gasteiger charge is -2.25. The molecule has 0 atom stereocenters. The second kappa shape index (κ2) is 4.48. The Kier molecular flexibility index (Phi) is 3.57. The average molecular weight is 170 g/mol. The lowest BCUT2D eigenvalue weighted by Crippen LogP contribution is -2.13. The normalized spacial score (nSPS) is 30.1. The van der Waals surface area contributed by atoms with Crippen molar-refractivity contribution in [3.63, 3.8) is 0 Å². The van der Waals surface area contributed by atoms with Crippen LogP contribution in [-0.2, 0) is 4.79 Å². The molecule has 12 heavy (non-hydrogen) atoms. The van der Waals surface area contributed by atoms with Crippen molar-refractivity contribution in [3.05, 3.63) is 0 Å². The standard InChI is InChI=1S/C10H18O2/c1-8-2-4-9(5-3-8)6-7-10(11)12/h8-9H,2-7H2,1H3,(H,11,12). The smallest absolute Gasteiger partial charge is 0.303 e. The molecular formula is C10H18O2. The molecule has 1 aliphatic carbocycles. The third-order valence-electron chi connectivity index (χ3n) is 2.90. The molecule has 2 heteroatoms. The second-order valence-corrected chi connectivity index (χ2v) is 4.06. The largest absolute Gasteiger partial charge is 0.481 e. The Labute approximate surface area is 74.0 Å². The highest BCUT2D eigenvalue weighted by Gasteiger charge is 2.18. The van der Waals surface area contributed by atoms with E-state index in [-0.39, 0.29) is 0 Å². The summed E-state index contributed by atoms with van der Waals surface area (Å²) in [6, 6.07) is 0. The predicted molar refractivity (Wildman–Crippen MR) is 48.0 cm³/mol. The minimum atomic E-state index is -0.645. The number of carboxylic acids is 1. The summed E-state index contributed by atoms with van der Waals surface area (Å²) >= 11 is 0. The van der Waals surface area contributed by atoms with Gasteiger partial charge in [0.05, 0.1) is 0 Å². The number of hydrogen-bond donors (Lipinski definition) is 1. The number of carboxylic acid groups (broad SMARTS) is 1. The van der Waals surface area contributed by atoms with E-state index in [2.05, 4.69) is 6.92 Å². The van der Waals surface area contributed by atoms with Gasteiger partial charge in [0.15, 0.2) is 0 Å². The molecular weight excluding hydrogens is 152 g/mol. The molecule has 1 fully saturated rings. The summed E-state index contributed by atoms with van der Waals surface area (Å²) in [5, 5.41) is 8.50. The van der Waals surface area contributed by atoms with Gasteiger partial charge in [0, 0.05) is 6.42 Å². The highest BCUT2D eigenvalue weighted by atomic mass is 16.4. The zero-order valence-electron chi connectivity index (χ0n) is 7.75. The molecule has 1 aliphatic rings. The third kappa shape index (κ3) is 3.24. The highest BCUT2D eigenvalue weighted by molar-refractivity contribution is 5.66. The van der Waals surface area contributed by atoms with Crippen LogP contribution in [0.5, 0.6) is 0 Å². The minimum Gasteiger partial charge on any atom is -0.481 e. The second-order valence-electron chi connectivity index (χ2n) is 4.06. The number of aliphatic carboxylic acids is 1. The van der Waals surface area contributed by atoms with Crippen molar-refractivity contribution in [1.29, 1.82) is 0 Å². The van der Waals surface area contributed by atoms with Gasteiger partial charge in [-0.05, 0) is 18.3 Å². The first-order valence-electron chi connectivity index (χ1n) is 4.90. The maximum Gasteiger partial charge on any atom is 0.303 e. The van der Waals surface area contributed by atoms with E-state index in [1.165, 1.54) is 25.7 Å². The summed E-state index contributed by atoms with van der Waals surface area (Å²) in [4.78, 5) is 10.3. The zero-order valence-corrected chi connectivity index (χ0v) is 7.75. The first-order chi connectivity index (χ1) is 5.68. The summed E-state index contributed by atoms with van der Waals surface area (Å²) < 4.78 is 0. The van der Waals surface area contributed by atoms with E-state index in [0.29, 0.717) is 12.3 Å². The highest BCUT2D eigenvalue weighted by Crippen LogP contribution is 2.30. The maximum absolute atomic E-state index is 10.3. The molecule has 2 nitrogen and oxygen atoms in total. The first-order valence-corrected chi connectivity index (χ1v) is 4.90. The van der Waals surface area contributed by atoms with Crippen molar-refractivity contribution in [1.82, 2.24) is 0 Å². The fourth-order valence-electron chi connectivity index (χ4n) is 1.95. The van der Waals surface area contributed by atoms with Crippen LogP contribution in [-0.4, -0.2) is 11.1 Å². The molecule has 0 unspecified atom stereocenters. The molecule has 0 bridgehead atoms. The van der Waals surface area contributed by atoms with E-state index in [4.69, 9.17) is 5.11 Å². The van der Waals surface area contributed by atoms with E-state index >= 15 is 0 Å². The van der Waals surface area contributed by atoms with E-state index in [0.717, 1.165) is 12.3 Å². The monoisotopic (exact) mass is 170 g/mol. The Morgan fingerprint density at radius 3 is 2.42 bits per heavy atom. The topological polar surface area (TPSA) is 37.3 Å². The van der Waals surface area contributed by atoms with Gasteiger partial charge in [0.1, 0.15) is 0 Å². The van der Waals surface area contributed by atoms with Gasteiger partial charge in [-0.3, -0.25) is 4.79 Å². The quantitative estimate of drug-likeness (QED) is 0.707. The predicted octanol–water partition coefficient (Wildman–Crippen LogP) is 2.68. The van der Waals surface area contributed by atoms with Crippen molar-refractivity contribution in [2.75, 3.05) is 0 Å². The van der Waals surface area contributed by atoms with E-state index in [1.807, 2.05) is 0 Å². The van der Waals surface area contributed by atoms with Crippen molar-refractivity contribution >= 4 is 5.97 Å². The number of rotatable bonds is 3. The molecule has 0 aliphatic heterocycles. The SMILES string of the molecule is CC1CCC(CCC(=O)O)CC1. The van der Waals surface area contributed by atoms with Gasteiger partial charge in [-0.25, -0.2) is 0 Å². The molecule has 0 spiro atoms. The van der Waals surface area contributed by atoms with Crippen LogP contribution >= 0.6 is 0 Å². The summed E-state index contributed by atoms with van der Waals surface area (Å²) in [5.41, 5.74) is 0. The summed E-state index contributed by atoms with van der Waals surface area (Å²) in [7, 11) is 0. The van der Waals surface area contributed by atoms with Gasteiger partial charge in [-0.2, -0.15) is 0 Å².